The van der Waals surface area contributed by atoms with E-state index in [2.05, 4.69) is 6.92 Å². The summed E-state index contributed by atoms with van der Waals surface area (Å²) < 4.78 is 13.2. The zero-order valence-corrected chi connectivity index (χ0v) is 10.9. The Bertz CT molecular complexity index is 394. The van der Waals surface area contributed by atoms with E-state index in [9.17, 15) is 4.39 Å². The molecule has 1 nitrogen and oxygen atoms in total. The highest BCUT2D eigenvalue weighted by molar-refractivity contribution is 6.31. The lowest BCUT2D eigenvalue weighted by molar-refractivity contribution is 0.415. The molecule has 3 heteroatoms. The first kappa shape index (κ1) is 12.8. The second kappa shape index (κ2) is 5.36. The van der Waals surface area contributed by atoms with Gasteiger partial charge in [0.15, 0.2) is 0 Å². The van der Waals surface area contributed by atoms with Gasteiger partial charge in [0.05, 0.1) is 0 Å². The number of hydrogen-bond acceptors (Lipinski definition) is 1. The molecule has 0 amide bonds. The average Bonchev–Trinajstić information content (AvgIpc) is 2.80. The summed E-state index contributed by atoms with van der Waals surface area (Å²) in [6.45, 7) is 2.22. The van der Waals surface area contributed by atoms with E-state index in [1.165, 1.54) is 25.0 Å². The number of benzene rings is 1. The molecule has 1 fully saturated rings. The summed E-state index contributed by atoms with van der Waals surface area (Å²) in [5.41, 5.74) is 6.99. The minimum atomic E-state index is -0.259. The van der Waals surface area contributed by atoms with Crippen molar-refractivity contribution in [3.8, 4) is 0 Å². The summed E-state index contributed by atoms with van der Waals surface area (Å²) in [6, 6.07) is 4.32. The quantitative estimate of drug-likeness (QED) is 0.856. The maximum absolute atomic E-state index is 13.2. The lowest BCUT2D eigenvalue weighted by atomic mass is 9.91. The fraction of sp³-hybridized carbons (Fsp3) is 0.571. The van der Waals surface area contributed by atoms with Gasteiger partial charge in [-0.3, -0.25) is 0 Å². The largest absolute Gasteiger partial charge is 0.324 e. The van der Waals surface area contributed by atoms with Gasteiger partial charge in [-0.2, -0.15) is 0 Å². The average molecular weight is 256 g/mol. The maximum Gasteiger partial charge on any atom is 0.123 e. The van der Waals surface area contributed by atoms with Crippen LogP contribution in [0.25, 0.3) is 0 Å². The highest BCUT2D eigenvalue weighted by atomic mass is 35.5. The van der Waals surface area contributed by atoms with Gasteiger partial charge in [0.1, 0.15) is 5.82 Å². The number of nitrogens with two attached hydrogens (primary N) is 1. The summed E-state index contributed by atoms with van der Waals surface area (Å²) in [5, 5.41) is 0.582. The molecule has 94 valence electrons. The number of hydrogen-bond donors (Lipinski definition) is 1. The zero-order chi connectivity index (χ0) is 12.4. The van der Waals surface area contributed by atoms with E-state index >= 15 is 0 Å². The molecule has 1 aromatic carbocycles. The molecule has 0 bridgehead atoms. The predicted molar refractivity (Wildman–Crippen MR) is 69.5 cm³/mol. The Labute approximate surface area is 107 Å². The minimum absolute atomic E-state index is 0.130. The molecule has 0 radical (unpaired) electrons. The van der Waals surface area contributed by atoms with Crippen LogP contribution in [0, 0.1) is 17.7 Å². The van der Waals surface area contributed by atoms with Gasteiger partial charge in [0, 0.05) is 11.1 Å². The maximum atomic E-state index is 13.2. The van der Waals surface area contributed by atoms with Gasteiger partial charge in [-0.1, -0.05) is 31.4 Å². The fourth-order valence-corrected chi connectivity index (χ4v) is 3.08. The second-order valence-electron chi connectivity index (χ2n) is 5.04. The SMILES string of the molecule is CCC1CCC(C(N)c2cc(F)ccc2Cl)C1. The van der Waals surface area contributed by atoms with Gasteiger partial charge in [0.25, 0.3) is 0 Å². The molecule has 1 aliphatic rings. The molecule has 1 aromatic rings. The summed E-state index contributed by atoms with van der Waals surface area (Å²) >= 11 is 6.09. The van der Waals surface area contributed by atoms with E-state index in [4.69, 9.17) is 17.3 Å². The predicted octanol–water partition coefficient (Wildman–Crippen LogP) is 4.31. The van der Waals surface area contributed by atoms with Gasteiger partial charge < -0.3 is 5.73 Å². The van der Waals surface area contributed by atoms with Crippen molar-refractivity contribution in [2.75, 3.05) is 0 Å². The standard InChI is InChI=1S/C14H19ClFN/c1-2-9-3-4-10(7-9)14(17)12-8-11(16)5-6-13(12)15/h5-6,8-10,14H,2-4,7,17H2,1H3. The molecule has 1 aliphatic carbocycles. The smallest absolute Gasteiger partial charge is 0.123 e. The Morgan fingerprint density at radius 2 is 2.24 bits per heavy atom. The van der Waals surface area contributed by atoms with Gasteiger partial charge in [0.2, 0.25) is 0 Å². The molecule has 17 heavy (non-hydrogen) atoms. The van der Waals surface area contributed by atoms with E-state index in [-0.39, 0.29) is 11.9 Å². The molecular weight excluding hydrogens is 237 g/mol. The van der Waals surface area contributed by atoms with E-state index in [1.54, 1.807) is 6.07 Å². The first-order chi connectivity index (χ1) is 8.11. The topological polar surface area (TPSA) is 26.0 Å². The van der Waals surface area contributed by atoms with Gasteiger partial charge in [-0.15, -0.1) is 0 Å². The summed E-state index contributed by atoms with van der Waals surface area (Å²) in [4.78, 5) is 0. The van der Waals surface area contributed by atoms with E-state index < -0.39 is 0 Å². The fourth-order valence-electron chi connectivity index (χ4n) is 2.83. The van der Waals surface area contributed by atoms with Crippen molar-refractivity contribution in [2.45, 2.75) is 38.6 Å². The Morgan fingerprint density at radius 3 is 2.88 bits per heavy atom. The van der Waals surface area contributed by atoms with Crippen LogP contribution < -0.4 is 5.73 Å². The van der Waals surface area contributed by atoms with Crippen LogP contribution in [0.2, 0.25) is 5.02 Å². The van der Waals surface area contributed by atoms with Gasteiger partial charge >= 0.3 is 0 Å². The lowest BCUT2D eigenvalue weighted by Crippen LogP contribution is -2.20. The third-order valence-electron chi connectivity index (χ3n) is 3.98. The monoisotopic (exact) mass is 255 g/mol. The molecule has 0 aliphatic heterocycles. The minimum Gasteiger partial charge on any atom is -0.324 e. The van der Waals surface area contributed by atoms with Gasteiger partial charge in [-0.05, 0) is 48.4 Å². The molecule has 0 aromatic heterocycles. The van der Waals surface area contributed by atoms with Crippen LogP contribution in [-0.2, 0) is 0 Å². The molecule has 1 saturated carbocycles. The Balaban J connectivity index is 2.14. The third-order valence-corrected chi connectivity index (χ3v) is 4.33. The lowest BCUT2D eigenvalue weighted by Gasteiger charge is -2.21. The number of rotatable bonds is 3. The molecule has 3 unspecified atom stereocenters. The molecule has 0 spiro atoms. The van der Waals surface area contributed by atoms with Crippen molar-refractivity contribution in [3.05, 3.63) is 34.6 Å². The van der Waals surface area contributed by atoms with Crippen molar-refractivity contribution in [3.63, 3.8) is 0 Å². The molecule has 0 saturated heterocycles. The van der Waals surface area contributed by atoms with Crippen molar-refractivity contribution < 1.29 is 4.39 Å². The normalized spacial score (nSPS) is 26.1. The van der Waals surface area contributed by atoms with Crippen LogP contribution in [0.5, 0.6) is 0 Å². The summed E-state index contributed by atoms with van der Waals surface area (Å²) in [7, 11) is 0. The van der Waals surface area contributed by atoms with E-state index in [0.29, 0.717) is 10.9 Å². The van der Waals surface area contributed by atoms with Crippen LogP contribution in [0.3, 0.4) is 0 Å². The first-order valence-corrected chi connectivity index (χ1v) is 6.70. The third kappa shape index (κ3) is 2.80. The first-order valence-electron chi connectivity index (χ1n) is 6.32. The van der Waals surface area contributed by atoms with Crippen LogP contribution in [0.15, 0.2) is 18.2 Å². The molecule has 3 atom stereocenters. The zero-order valence-electron chi connectivity index (χ0n) is 10.1. The van der Waals surface area contributed by atoms with Crippen molar-refractivity contribution in [1.82, 2.24) is 0 Å². The van der Waals surface area contributed by atoms with Crippen molar-refractivity contribution in [1.29, 1.82) is 0 Å². The Hall–Kier alpha value is -0.600. The molecule has 2 N–H and O–H groups in total. The van der Waals surface area contributed by atoms with Gasteiger partial charge in [-0.25, -0.2) is 4.39 Å². The summed E-state index contributed by atoms with van der Waals surface area (Å²) in [5.74, 6) is 0.961. The van der Waals surface area contributed by atoms with Crippen LogP contribution in [0.4, 0.5) is 4.39 Å². The van der Waals surface area contributed by atoms with Crippen LogP contribution in [-0.4, -0.2) is 0 Å². The van der Waals surface area contributed by atoms with E-state index in [0.717, 1.165) is 24.3 Å². The summed E-state index contributed by atoms with van der Waals surface area (Å²) in [6.07, 6.45) is 4.72. The van der Waals surface area contributed by atoms with Crippen molar-refractivity contribution >= 4 is 11.6 Å². The van der Waals surface area contributed by atoms with Crippen LogP contribution in [0.1, 0.15) is 44.2 Å². The van der Waals surface area contributed by atoms with Crippen LogP contribution >= 0.6 is 11.6 Å². The molecule has 0 heterocycles. The second-order valence-corrected chi connectivity index (χ2v) is 5.45. The van der Waals surface area contributed by atoms with Crippen molar-refractivity contribution in [2.24, 2.45) is 17.6 Å². The molecule has 2 rings (SSSR count). The number of halogens is 2. The highest BCUT2D eigenvalue weighted by Gasteiger charge is 2.29. The molecular formula is C14H19ClFN. The Morgan fingerprint density at radius 1 is 1.47 bits per heavy atom. The Kier molecular flexibility index (Phi) is 4.05. The highest BCUT2D eigenvalue weighted by Crippen LogP contribution is 2.40. The van der Waals surface area contributed by atoms with E-state index in [1.807, 2.05) is 0 Å².